The van der Waals surface area contributed by atoms with Crippen molar-refractivity contribution < 1.29 is 18.1 Å². The summed E-state index contributed by atoms with van der Waals surface area (Å²) in [4.78, 5) is 22.3. The fourth-order valence-corrected chi connectivity index (χ4v) is 4.52. The van der Waals surface area contributed by atoms with Crippen LogP contribution in [0.15, 0.2) is 23.1 Å². The molecule has 1 aromatic carbocycles. The molecule has 1 amide bonds. The first-order valence-electron chi connectivity index (χ1n) is 9.42. The maximum Gasteiger partial charge on any atom is 0.293 e. The van der Waals surface area contributed by atoms with Gasteiger partial charge in [-0.3, -0.25) is 14.9 Å². The highest BCUT2D eigenvalue weighted by atomic mass is 32.2. The number of carbonyl (C=O) groups excluding carboxylic acids is 1. The Hall–Kier alpha value is -2.20. The van der Waals surface area contributed by atoms with Crippen LogP contribution in [0.1, 0.15) is 46.5 Å². The third-order valence-electron chi connectivity index (χ3n) is 4.70. The summed E-state index contributed by atoms with van der Waals surface area (Å²) in [5.41, 5.74) is -0.299. The molecular formula is C18H28N4O5S. The van der Waals surface area contributed by atoms with Gasteiger partial charge < -0.3 is 10.6 Å². The van der Waals surface area contributed by atoms with E-state index in [1.54, 1.807) is 13.8 Å². The van der Waals surface area contributed by atoms with Crippen LogP contribution >= 0.6 is 0 Å². The van der Waals surface area contributed by atoms with Gasteiger partial charge in [-0.15, -0.1) is 0 Å². The summed E-state index contributed by atoms with van der Waals surface area (Å²) in [7, 11) is -3.86. The smallest absolute Gasteiger partial charge is 0.293 e. The molecule has 10 heteroatoms. The van der Waals surface area contributed by atoms with Gasteiger partial charge in [0.1, 0.15) is 5.69 Å². The Kier molecular flexibility index (Phi) is 7.36. The van der Waals surface area contributed by atoms with E-state index < -0.39 is 20.6 Å². The molecule has 1 aromatic rings. The molecule has 0 unspecified atom stereocenters. The Labute approximate surface area is 165 Å². The van der Waals surface area contributed by atoms with Crippen LogP contribution in [0.2, 0.25) is 0 Å². The first-order valence-corrected chi connectivity index (χ1v) is 10.9. The van der Waals surface area contributed by atoms with Crippen molar-refractivity contribution in [2.45, 2.75) is 63.4 Å². The zero-order valence-corrected chi connectivity index (χ0v) is 17.2. The van der Waals surface area contributed by atoms with Crippen molar-refractivity contribution in [3.8, 4) is 0 Å². The molecule has 0 spiro atoms. The highest BCUT2D eigenvalue weighted by molar-refractivity contribution is 7.89. The second-order valence-corrected chi connectivity index (χ2v) is 9.30. The van der Waals surface area contributed by atoms with Crippen molar-refractivity contribution in [1.82, 2.24) is 10.0 Å². The molecule has 0 aliphatic heterocycles. The van der Waals surface area contributed by atoms with Crippen LogP contribution in [-0.4, -0.2) is 37.9 Å². The number of anilines is 1. The molecule has 28 heavy (non-hydrogen) atoms. The van der Waals surface area contributed by atoms with E-state index in [9.17, 15) is 23.3 Å². The van der Waals surface area contributed by atoms with Gasteiger partial charge in [0, 0.05) is 18.2 Å². The van der Waals surface area contributed by atoms with Gasteiger partial charge in [0.25, 0.3) is 5.69 Å². The number of hydrogen-bond donors (Lipinski definition) is 3. The van der Waals surface area contributed by atoms with Crippen LogP contribution in [0.25, 0.3) is 0 Å². The topological polar surface area (TPSA) is 130 Å². The summed E-state index contributed by atoms with van der Waals surface area (Å²) in [6.07, 6.45) is 3.42. The molecule has 1 aliphatic rings. The number of carbonyl (C=O) groups is 1. The minimum atomic E-state index is -3.86. The molecule has 1 fully saturated rings. The van der Waals surface area contributed by atoms with Gasteiger partial charge in [0.15, 0.2) is 0 Å². The maximum absolute atomic E-state index is 12.6. The van der Waals surface area contributed by atoms with Crippen molar-refractivity contribution in [1.29, 1.82) is 0 Å². The van der Waals surface area contributed by atoms with E-state index in [1.807, 2.05) is 0 Å². The van der Waals surface area contributed by atoms with Crippen LogP contribution in [0.5, 0.6) is 0 Å². The van der Waals surface area contributed by atoms with Gasteiger partial charge in [0.2, 0.25) is 15.9 Å². The number of nitro benzene ring substituents is 1. The van der Waals surface area contributed by atoms with Crippen LogP contribution < -0.4 is 15.4 Å². The first kappa shape index (κ1) is 22.1. The lowest BCUT2D eigenvalue weighted by atomic mass is 9.88. The van der Waals surface area contributed by atoms with Crippen molar-refractivity contribution in [2.24, 2.45) is 5.92 Å². The number of sulfonamides is 1. The Balaban J connectivity index is 2.14. The standard InChI is InChI=1S/C18H28N4O5S/c1-12(2)20-18(23)11-19-16-9-8-15(10-17(16)22(24)25)28(26,27)21-14-6-4-13(3)5-7-14/h8-10,12-14,19,21H,4-7,11H2,1-3H3,(H,20,23). The predicted molar refractivity (Wildman–Crippen MR) is 107 cm³/mol. The molecule has 156 valence electrons. The Bertz CT molecular complexity index is 817. The van der Waals surface area contributed by atoms with Gasteiger partial charge in [0.05, 0.1) is 16.4 Å². The SMILES string of the molecule is CC1CCC(NS(=O)(=O)c2ccc(NCC(=O)NC(C)C)c([N+](=O)[O-])c2)CC1. The molecule has 0 heterocycles. The minimum absolute atomic E-state index is 0.0503. The summed E-state index contributed by atoms with van der Waals surface area (Å²) >= 11 is 0. The van der Waals surface area contributed by atoms with E-state index >= 15 is 0 Å². The molecule has 0 bridgehead atoms. The third kappa shape index (κ3) is 6.16. The lowest BCUT2D eigenvalue weighted by molar-refractivity contribution is -0.384. The van der Waals surface area contributed by atoms with E-state index in [2.05, 4.69) is 22.3 Å². The average molecular weight is 413 g/mol. The van der Waals surface area contributed by atoms with Gasteiger partial charge in [-0.25, -0.2) is 13.1 Å². The highest BCUT2D eigenvalue weighted by Gasteiger charge is 2.26. The van der Waals surface area contributed by atoms with Gasteiger partial charge in [-0.05, 0) is 57.6 Å². The van der Waals surface area contributed by atoms with E-state index in [4.69, 9.17) is 0 Å². The monoisotopic (exact) mass is 412 g/mol. The van der Waals surface area contributed by atoms with Gasteiger partial charge >= 0.3 is 0 Å². The van der Waals surface area contributed by atoms with E-state index in [-0.39, 0.29) is 35.1 Å². The van der Waals surface area contributed by atoms with E-state index in [0.29, 0.717) is 5.92 Å². The number of nitrogens with one attached hydrogen (secondary N) is 3. The molecule has 0 aromatic heterocycles. The summed E-state index contributed by atoms with van der Waals surface area (Å²) < 4.78 is 27.9. The predicted octanol–water partition coefficient (Wildman–Crippen LogP) is 2.39. The lowest BCUT2D eigenvalue weighted by Crippen LogP contribution is -2.37. The molecule has 2 rings (SSSR count). The van der Waals surface area contributed by atoms with Gasteiger partial charge in [-0.1, -0.05) is 6.92 Å². The zero-order valence-electron chi connectivity index (χ0n) is 16.4. The molecule has 1 aliphatic carbocycles. The second-order valence-electron chi connectivity index (χ2n) is 7.59. The summed E-state index contributed by atoms with van der Waals surface area (Å²) in [6, 6.07) is 3.45. The van der Waals surface area contributed by atoms with E-state index in [0.717, 1.165) is 31.7 Å². The first-order chi connectivity index (χ1) is 13.1. The van der Waals surface area contributed by atoms with Crippen LogP contribution in [-0.2, 0) is 14.8 Å². The normalized spacial score (nSPS) is 20.0. The number of nitrogens with zero attached hydrogens (tertiary/aromatic N) is 1. The van der Waals surface area contributed by atoms with Crippen LogP contribution in [0, 0.1) is 16.0 Å². The fourth-order valence-electron chi connectivity index (χ4n) is 3.19. The summed E-state index contributed by atoms with van der Waals surface area (Å²) in [5, 5.41) is 16.8. The van der Waals surface area contributed by atoms with Gasteiger partial charge in [-0.2, -0.15) is 0 Å². The quantitative estimate of drug-likeness (QED) is 0.444. The number of benzene rings is 1. The summed E-state index contributed by atoms with van der Waals surface area (Å²) in [6.45, 7) is 5.60. The molecular weight excluding hydrogens is 384 g/mol. The Morgan fingerprint density at radius 1 is 1.25 bits per heavy atom. The maximum atomic E-state index is 12.6. The van der Waals surface area contributed by atoms with Crippen molar-refractivity contribution >= 4 is 27.3 Å². The van der Waals surface area contributed by atoms with Crippen molar-refractivity contribution in [2.75, 3.05) is 11.9 Å². The largest absolute Gasteiger partial charge is 0.371 e. The molecule has 3 N–H and O–H groups in total. The molecule has 0 atom stereocenters. The molecule has 1 saturated carbocycles. The number of hydrogen-bond acceptors (Lipinski definition) is 6. The fraction of sp³-hybridized carbons (Fsp3) is 0.611. The minimum Gasteiger partial charge on any atom is -0.371 e. The summed E-state index contributed by atoms with van der Waals surface area (Å²) in [5.74, 6) is 0.272. The van der Waals surface area contributed by atoms with Crippen molar-refractivity contribution in [3.05, 3.63) is 28.3 Å². The number of rotatable bonds is 8. The third-order valence-corrected chi connectivity index (χ3v) is 6.22. The Morgan fingerprint density at radius 3 is 2.46 bits per heavy atom. The molecule has 0 radical (unpaired) electrons. The molecule has 9 nitrogen and oxygen atoms in total. The number of nitro groups is 1. The average Bonchev–Trinajstić information content (AvgIpc) is 2.61. The Morgan fingerprint density at radius 2 is 1.89 bits per heavy atom. The second kappa shape index (κ2) is 9.33. The van der Waals surface area contributed by atoms with E-state index in [1.165, 1.54) is 12.1 Å². The highest BCUT2D eigenvalue weighted by Crippen LogP contribution is 2.29. The van der Waals surface area contributed by atoms with Crippen molar-refractivity contribution in [3.63, 3.8) is 0 Å². The molecule has 0 saturated heterocycles. The van der Waals surface area contributed by atoms with Crippen LogP contribution in [0.3, 0.4) is 0 Å². The number of amides is 1. The lowest BCUT2D eigenvalue weighted by Gasteiger charge is -2.26. The zero-order chi connectivity index (χ0) is 20.9. The van der Waals surface area contributed by atoms with Crippen LogP contribution in [0.4, 0.5) is 11.4 Å².